The molecule has 0 amide bonds. The summed E-state index contributed by atoms with van der Waals surface area (Å²) in [5.41, 5.74) is 7.69. The zero-order chi connectivity index (χ0) is 14.7. The van der Waals surface area contributed by atoms with Gasteiger partial charge in [0.1, 0.15) is 5.82 Å². The molecule has 0 aliphatic rings. The van der Waals surface area contributed by atoms with E-state index in [1.54, 1.807) is 0 Å². The molecule has 1 atom stereocenters. The SMILES string of the molecule is Cc1ccc(C(C)Nc2nc(N)ccc2[N+](=O)[O-])cc1. The molecule has 0 aliphatic carbocycles. The lowest BCUT2D eigenvalue weighted by atomic mass is 10.1. The minimum atomic E-state index is -0.476. The maximum atomic E-state index is 11.0. The van der Waals surface area contributed by atoms with Gasteiger partial charge in [-0.3, -0.25) is 10.1 Å². The molecule has 0 radical (unpaired) electrons. The first-order chi connectivity index (χ1) is 9.47. The Hall–Kier alpha value is -2.63. The average Bonchev–Trinajstić information content (AvgIpc) is 2.39. The Balaban J connectivity index is 2.27. The van der Waals surface area contributed by atoms with Crippen molar-refractivity contribution in [2.24, 2.45) is 0 Å². The summed E-state index contributed by atoms with van der Waals surface area (Å²) in [5, 5.41) is 14.0. The Morgan fingerprint density at radius 3 is 2.50 bits per heavy atom. The Morgan fingerprint density at radius 2 is 1.90 bits per heavy atom. The molecule has 0 fully saturated rings. The number of nitro groups is 1. The Morgan fingerprint density at radius 1 is 1.25 bits per heavy atom. The van der Waals surface area contributed by atoms with Crippen molar-refractivity contribution < 1.29 is 4.92 Å². The molecule has 0 spiro atoms. The van der Waals surface area contributed by atoms with Crippen LogP contribution in [0.4, 0.5) is 17.3 Å². The van der Waals surface area contributed by atoms with E-state index in [0.717, 1.165) is 11.1 Å². The summed E-state index contributed by atoms with van der Waals surface area (Å²) < 4.78 is 0. The van der Waals surface area contributed by atoms with E-state index in [9.17, 15) is 10.1 Å². The van der Waals surface area contributed by atoms with Crippen LogP contribution in [0.1, 0.15) is 24.1 Å². The molecule has 0 bridgehead atoms. The van der Waals surface area contributed by atoms with Crippen LogP contribution in [0.2, 0.25) is 0 Å². The molecule has 104 valence electrons. The van der Waals surface area contributed by atoms with Crippen molar-refractivity contribution >= 4 is 17.3 Å². The number of nitrogens with two attached hydrogens (primary N) is 1. The molecular formula is C14H16N4O2. The van der Waals surface area contributed by atoms with Crippen molar-refractivity contribution in [1.29, 1.82) is 0 Å². The largest absolute Gasteiger partial charge is 0.384 e. The zero-order valence-electron chi connectivity index (χ0n) is 11.3. The summed E-state index contributed by atoms with van der Waals surface area (Å²) in [6.07, 6.45) is 0. The molecule has 20 heavy (non-hydrogen) atoms. The van der Waals surface area contributed by atoms with Gasteiger partial charge in [-0.1, -0.05) is 29.8 Å². The van der Waals surface area contributed by atoms with E-state index in [1.807, 2.05) is 38.1 Å². The summed E-state index contributed by atoms with van der Waals surface area (Å²) in [6, 6.07) is 10.6. The van der Waals surface area contributed by atoms with Gasteiger partial charge >= 0.3 is 5.69 Å². The van der Waals surface area contributed by atoms with Gasteiger partial charge in [-0.15, -0.1) is 0 Å². The number of rotatable bonds is 4. The second-order valence-corrected chi connectivity index (χ2v) is 4.64. The number of nitrogen functional groups attached to an aromatic ring is 1. The number of hydrogen-bond acceptors (Lipinski definition) is 5. The van der Waals surface area contributed by atoms with Gasteiger partial charge in [-0.05, 0) is 25.5 Å². The van der Waals surface area contributed by atoms with Crippen molar-refractivity contribution in [1.82, 2.24) is 4.98 Å². The smallest absolute Gasteiger partial charge is 0.311 e. The summed E-state index contributed by atoms with van der Waals surface area (Å²) >= 11 is 0. The first-order valence-electron chi connectivity index (χ1n) is 6.21. The van der Waals surface area contributed by atoms with E-state index in [1.165, 1.54) is 12.1 Å². The molecule has 0 saturated heterocycles. The summed E-state index contributed by atoms with van der Waals surface area (Å²) in [6.45, 7) is 3.92. The van der Waals surface area contributed by atoms with Crippen molar-refractivity contribution in [2.75, 3.05) is 11.1 Å². The van der Waals surface area contributed by atoms with Crippen molar-refractivity contribution in [3.8, 4) is 0 Å². The fraction of sp³-hybridized carbons (Fsp3) is 0.214. The number of aryl methyl sites for hydroxylation is 1. The summed E-state index contributed by atoms with van der Waals surface area (Å²) in [7, 11) is 0. The first-order valence-corrected chi connectivity index (χ1v) is 6.21. The third kappa shape index (κ3) is 3.03. The quantitative estimate of drug-likeness (QED) is 0.659. The van der Waals surface area contributed by atoms with E-state index >= 15 is 0 Å². The minimum Gasteiger partial charge on any atom is -0.384 e. The number of anilines is 2. The minimum absolute atomic E-state index is 0.0850. The highest BCUT2D eigenvalue weighted by molar-refractivity contribution is 5.60. The molecule has 2 aromatic rings. The first kappa shape index (κ1) is 13.8. The second-order valence-electron chi connectivity index (χ2n) is 4.64. The van der Waals surface area contributed by atoms with Crippen LogP contribution in [0.15, 0.2) is 36.4 Å². The maximum absolute atomic E-state index is 11.0. The molecular weight excluding hydrogens is 256 g/mol. The van der Waals surface area contributed by atoms with Crippen LogP contribution >= 0.6 is 0 Å². The van der Waals surface area contributed by atoms with Crippen molar-refractivity contribution in [2.45, 2.75) is 19.9 Å². The molecule has 1 aromatic heterocycles. The van der Waals surface area contributed by atoms with Crippen molar-refractivity contribution in [3.63, 3.8) is 0 Å². The highest BCUT2D eigenvalue weighted by Crippen LogP contribution is 2.27. The molecule has 3 N–H and O–H groups in total. The number of pyridine rings is 1. The lowest BCUT2D eigenvalue weighted by Crippen LogP contribution is -2.10. The lowest BCUT2D eigenvalue weighted by Gasteiger charge is -2.15. The number of benzene rings is 1. The fourth-order valence-electron chi connectivity index (χ4n) is 1.86. The maximum Gasteiger partial charge on any atom is 0.311 e. The van der Waals surface area contributed by atoms with E-state index in [-0.39, 0.29) is 23.4 Å². The third-order valence-electron chi connectivity index (χ3n) is 3.02. The lowest BCUT2D eigenvalue weighted by molar-refractivity contribution is -0.384. The number of hydrogen-bond donors (Lipinski definition) is 2. The highest BCUT2D eigenvalue weighted by atomic mass is 16.6. The van der Waals surface area contributed by atoms with Crippen LogP contribution < -0.4 is 11.1 Å². The van der Waals surface area contributed by atoms with E-state index in [2.05, 4.69) is 10.3 Å². The molecule has 0 saturated carbocycles. The third-order valence-corrected chi connectivity index (χ3v) is 3.02. The van der Waals surface area contributed by atoms with E-state index < -0.39 is 4.92 Å². The van der Waals surface area contributed by atoms with Gasteiger partial charge in [-0.25, -0.2) is 4.98 Å². The van der Waals surface area contributed by atoms with Crippen LogP contribution in [0.25, 0.3) is 0 Å². The predicted octanol–water partition coefficient (Wildman–Crippen LogP) is 3.05. The molecule has 6 heteroatoms. The van der Waals surface area contributed by atoms with Crippen LogP contribution in [0.5, 0.6) is 0 Å². The van der Waals surface area contributed by atoms with Gasteiger partial charge in [0.25, 0.3) is 0 Å². The van der Waals surface area contributed by atoms with Gasteiger partial charge in [0.05, 0.1) is 11.0 Å². The zero-order valence-corrected chi connectivity index (χ0v) is 11.3. The Bertz CT molecular complexity index is 626. The predicted molar refractivity (Wildman–Crippen MR) is 78.5 cm³/mol. The van der Waals surface area contributed by atoms with Gasteiger partial charge in [0.15, 0.2) is 0 Å². The van der Waals surface area contributed by atoms with E-state index in [0.29, 0.717) is 0 Å². The topological polar surface area (TPSA) is 94.1 Å². The normalized spacial score (nSPS) is 11.9. The Kier molecular flexibility index (Phi) is 3.84. The number of aromatic nitrogens is 1. The molecule has 1 heterocycles. The standard InChI is InChI=1S/C14H16N4O2/c1-9-3-5-11(6-4-9)10(2)16-14-12(18(19)20)7-8-13(15)17-14/h3-8,10H,1-2H3,(H3,15,16,17). The summed E-state index contributed by atoms with van der Waals surface area (Å²) in [4.78, 5) is 14.5. The second kappa shape index (κ2) is 5.56. The van der Waals surface area contributed by atoms with E-state index in [4.69, 9.17) is 5.73 Å². The van der Waals surface area contributed by atoms with Crippen molar-refractivity contribution in [3.05, 3.63) is 57.6 Å². The summed E-state index contributed by atoms with van der Waals surface area (Å²) in [5.74, 6) is 0.428. The van der Waals surface area contributed by atoms with Crippen LogP contribution in [0.3, 0.4) is 0 Å². The monoisotopic (exact) mass is 272 g/mol. The highest BCUT2D eigenvalue weighted by Gasteiger charge is 2.17. The number of nitrogens with zero attached hydrogens (tertiary/aromatic N) is 2. The van der Waals surface area contributed by atoms with Gasteiger partial charge in [0, 0.05) is 6.07 Å². The number of nitrogens with one attached hydrogen (secondary N) is 1. The van der Waals surface area contributed by atoms with Gasteiger partial charge < -0.3 is 11.1 Å². The van der Waals surface area contributed by atoms with Crippen LogP contribution in [-0.2, 0) is 0 Å². The molecule has 1 unspecified atom stereocenters. The van der Waals surface area contributed by atoms with Crippen LogP contribution in [0, 0.1) is 17.0 Å². The molecule has 1 aromatic carbocycles. The molecule has 6 nitrogen and oxygen atoms in total. The molecule has 2 rings (SSSR count). The fourth-order valence-corrected chi connectivity index (χ4v) is 1.86. The van der Waals surface area contributed by atoms with Gasteiger partial charge in [-0.2, -0.15) is 0 Å². The Labute approximate surface area is 116 Å². The van der Waals surface area contributed by atoms with Crippen LogP contribution in [-0.4, -0.2) is 9.91 Å². The molecule has 0 aliphatic heterocycles. The average molecular weight is 272 g/mol. The van der Waals surface area contributed by atoms with Gasteiger partial charge in [0.2, 0.25) is 5.82 Å².